The van der Waals surface area contributed by atoms with Crippen LogP contribution >= 0.6 is 0 Å². The lowest BCUT2D eigenvalue weighted by Crippen LogP contribution is -2.20. The van der Waals surface area contributed by atoms with Gasteiger partial charge in [-0.2, -0.15) is 0 Å². The minimum atomic E-state index is -1.07. The molecule has 0 saturated heterocycles. The first kappa shape index (κ1) is 17.1. The fourth-order valence-electron chi connectivity index (χ4n) is 2.92. The van der Waals surface area contributed by atoms with Gasteiger partial charge in [0.25, 0.3) is 0 Å². The van der Waals surface area contributed by atoms with Crippen molar-refractivity contribution in [3.05, 3.63) is 48.2 Å². The molecule has 4 rings (SSSR count). The number of nitrogens with one attached hydrogen (secondary N) is 3. The van der Waals surface area contributed by atoms with E-state index in [1.165, 1.54) is 0 Å². The third-order valence-corrected chi connectivity index (χ3v) is 5.57. The van der Waals surface area contributed by atoms with Crippen LogP contribution in [0.4, 0.5) is 5.82 Å². The Kier molecular flexibility index (Phi) is 4.67. The van der Waals surface area contributed by atoms with Gasteiger partial charge in [-0.1, -0.05) is 24.3 Å². The van der Waals surface area contributed by atoms with Crippen molar-refractivity contribution >= 4 is 34.1 Å². The van der Waals surface area contributed by atoms with Crippen molar-refractivity contribution in [1.29, 1.82) is 0 Å². The van der Waals surface area contributed by atoms with Crippen molar-refractivity contribution in [2.75, 3.05) is 12.4 Å². The molecular weight excluding hydrogens is 348 g/mol. The Morgan fingerprint density at radius 1 is 1.31 bits per heavy atom. The van der Waals surface area contributed by atoms with Gasteiger partial charge in [-0.25, -0.2) is 4.98 Å². The number of fused-ring (bicyclic) bond motifs is 1. The van der Waals surface area contributed by atoms with Crippen molar-refractivity contribution in [2.24, 2.45) is 5.92 Å². The standard InChI is InChI=1S/C19H20N4O2S/c1-20-26(25)11-12-2-4-13(5-3-12)16-10-17(23-19(24)14-6-7-14)22-18-15(16)8-9-21-18/h2-5,8-10,14,20H,6-7,11H2,1H3,(H2,21,22,23,24). The maximum Gasteiger partial charge on any atom is 0.228 e. The van der Waals surface area contributed by atoms with Gasteiger partial charge in [0, 0.05) is 41.5 Å². The Balaban J connectivity index is 1.66. The number of aromatic amines is 1. The third kappa shape index (κ3) is 3.60. The second kappa shape index (κ2) is 7.11. The Bertz CT molecular complexity index is 934. The number of benzene rings is 1. The van der Waals surface area contributed by atoms with E-state index in [1.807, 2.05) is 42.6 Å². The average molecular weight is 368 g/mol. The predicted octanol–water partition coefficient (Wildman–Crippen LogP) is 2.96. The van der Waals surface area contributed by atoms with Crippen LogP contribution in [0.25, 0.3) is 22.2 Å². The summed E-state index contributed by atoms with van der Waals surface area (Å²) in [7, 11) is 1.68. The maximum atomic E-state index is 12.1. The zero-order chi connectivity index (χ0) is 18.1. The summed E-state index contributed by atoms with van der Waals surface area (Å²) in [5.41, 5.74) is 3.78. The van der Waals surface area contributed by atoms with Crippen LogP contribution in [0.3, 0.4) is 0 Å². The van der Waals surface area contributed by atoms with Gasteiger partial charge in [0.2, 0.25) is 5.91 Å². The molecule has 0 bridgehead atoms. The molecule has 1 aromatic carbocycles. The number of H-pyrrole nitrogens is 1. The van der Waals surface area contributed by atoms with Crippen LogP contribution < -0.4 is 10.0 Å². The third-order valence-electron chi connectivity index (χ3n) is 4.52. The predicted molar refractivity (Wildman–Crippen MR) is 104 cm³/mol. The number of amides is 1. The molecule has 3 aromatic rings. The SMILES string of the molecule is CN[S+]([O-])Cc1ccc(-c2cc(NC(=O)C3CC3)nc3[nH]ccc23)cc1. The lowest BCUT2D eigenvalue weighted by atomic mass is 10.0. The van der Waals surface area contributed by atoms with Gasteiger partial charge in [-0.3, -0.25) is 4.79 Å². The molecule has 1 aliphatic rings. The average Bonchev–Trinajstić information content (AvgIpc) is 3.40. The highest BCUT2D eigenvalue weighted by Crippen LogP contribution is 2.33. The first-order valence-corrected chi connectivity index (χ1v) is 9.90. The molecule has 1 unspecified atom stereocenters. The fraction of sp³-hybridized carbons (Fsp3) is 0.263. The summed E-state index contributed by atoms with van der Waals surface area (Å²) in [6.07, 6.45) is 3.76. The molecule has 6 nitrogen and oxygen atoms in total. The Hall–Kier alpha value is -2.35. The Morgan fingerprint density at radius 3 is 2.77 bits per heavy atom. The van der Waals surface area contributed by atoms with E-state index in [4.69, 9.17) is 0 Å². The lowest BCUT2D eigenvalue weighted by molar-refractivity contribution is -0.117. The highest BCUT2D eigenvalue weighted by atomic mass is 32.2. The Morgan fingerprint density at radius 2 is 2.08 bits per heavy atom. The van der Waals surface area contributed by atoms with E-state index in [0.717, 1.165) is 40.6 Å². The minimum Gasteiger partial charge on any atom is -0.598 e. The number of pyridine rings is 1. The summed E-state index contributed by atoms with van der Waals surface area (Å²) in [4.78, 5) is 19.7. The molecule has 1 saturated carbocycles. The number of carbonyl (C=O) groups is 1. The molecule has 2 aromatic heterocycles. The molecule has 1 fully saturated rings. The zero-order valence-corrected chi connectivity index (χ0v) is 15.2. The molecule has 134 valence electrons. The molecule has 0 spiro atoms. The van der Waals surface area contributed by atoms with E-state index in [0.29, 0.717) is 11.6 Å². The molecule has 1 amide bonds. The van der Waals surface area contributed by atoms with E-state index in [9.17, 15) is 9.35 Å². The van der Waals surface area contributed by atoms with Crippen molar-refractivity contribution < 1.29 is 9.35 Å². The van der Waals surface area contributed by atoms with Gasteiger partial charge < -0.3 is 14.9 Å². The molecule has 0 aliphatic heterocycles. The van der Waals surface area contributed by atoms with E-state index in [-0.39, 0.29) is 11.8 Å². The van der Waals surface area contributed by atoms with E-state index in [2.05, 4.69) is 20.0 Å². The Labute approximate surface area is 154 Å². The number of nitrogens with zero attached hydrogens (tertiary/aromatic N) is 1. The topological polar surface area (TPSA) is 92.9 Å². The molecule has 0 radical (unpaired) electrons. The van der Waals surface area contributed by atoms with Crippen LogP contribution in [0, 0.1) is 5.92 Å². The molecule has 7 heteroatoms. The van der Waals surface area contributed by atoms with Gasteiger partial charge in [0.15, 0.2) is 5.75 Å². The zero-order valence-electron chi connectivity index (χ0n) is 14.4. The van der Waals surface area contributed by atoms with Crippen LogP contribution in [0.1, 0.15) is 18.4 Å². The second-order valence-corrected chi connectivity index (χ2v) is 7.84. The number of rotatable bonds is 6. The van der Waals surface area contributed by atoms with Gasteiger partial charge in [-0.15, -0.1) is 4.72 Å². The molecular formula is C19H20N4O2S. The number of carbonyl (C=O) groups excluding carboxylic acids is 1. The van der Waals surface area contributed by atoms with Gasteiger partial charge >= 0.3 is 0 Å². The number of hydrogen-bond acceptors (Lipinski definition) is 4. The van der Waals surface area contributed by atoms with Crippen molar-refractivity contribution in [1.82, 2.24) is 14.7 Å². The molecule has 1 atom stereocenters. The van der Waals surface area contributed by atoms with Gasteiger partial charge in [0.1, 0.15) is 11.5 Å². The van der Waals surface area contributed by atoms with Gasteiger partial charge in [0.05, 0.1) is 0 Å². The fourth-order valence-corrected chi connectivity index (χ4v) is 3.56. The molecule has 3 N–H and O–H groups in total. The molecule has 2 heterocycles. The van der Waals surface area contributed by atoms with Crippen LogP contribution in [0.2, 0.25) is 0 Å². The van der Waals surface area contributed by atoms with Crippen LogP contribution in [-0.4, -0.2) is 27.5 Å². The quantitative estimate of drug-likeness (QED) is 0.583. The highest BCUT2D eigenvalue weighted by Gasteiger charge is 2.30. The summed E-state index contributed by atoms with van der Waals surface area (Å²) >= 11 is -1.07. The van der Waals surface area contributed by atoms with Crippen molar-refractivity contribution in [3.8, 4) is 11.1 Å². The smallest absolute Gasteiger partial charge is 0.228 e. The highest BCUT2D eigenvalue weighted by molar-refractivity contribution is 7.88. The normalized spacial score (nSPS) is 15.2. The number of aromatic nitrogens is 2. The molecule has 1 aliphatic carbocycles. The lowest BCUT2D eigenvalue weighted by Gasteiger charge is -2.10. The van der Waals surface area contributed by atoms with E-state index in [1.54, 1.807) is 7.05 Å². The minimum absolute atomic E-state index is 0.0410. The maximum absolute atomic E-state index is 12.1. The van der Waals surface area contributed by atoms with Crippen molar-refractivity contribution in [3.63, 3.8) is 0 Å². The monoisotopic (exact) mass is 368 g/mol. The first-order chi connectivity index (χ1) is 12.6. The van der Waals surface area contributed by atoms with Crippen LogP contribution in [-0.2, 0) is 21.9 Å². The summed E-state index contributed by atoms with van der Waals surface area (Å²) in [5.74, 6) is 1.20. The summed E-state index contributed by atoms with van der Waals surface area (Å²) in [6, 6.07) is 11.9. The number of hydrogen-bond donors (Lipinski definition) is 3. The largest absolute Gasteiger partial charge is 0.598 e. The first-order valence-electron chi connectivity index (χ1n) is 8.58. The van der Waals surface area contributed by atoms with Crippen LogP contribution in [0.5, 0.6) is 0 Å². The summed E-state index contributed by atoms with van der Waals surface area (Å²) in [6.45, 7) is 0. The van der Waals surface area contributed by atoms with Gasteiger partial charge in [-0.05, 0) is 36.1 Å². The summed E-state index contributed by atoms with van der Waals surface area (Å²) < 4.78 is 14.4. The van der Waals surface area contributed by atoms with Crippen molar-refractivity contribution in [2.45, 2.75) is 18.6 Å². The van der Waals surface area contributed by atoms with Crippen LogP contribution in [0.15, 0.2) is 42.6 Å². The number of anilines is 1. The molecule has 26 heavy (non-hydrogen) atoms. The van der Waals surface area contributed by atoms with E-state index < -0.39 is 11.4 Å². The second-order valence-electron chi connectivity index (χ2n) is 6.45. The summed E-state index contributed by atoms with van der Waals surface area (Å²) in [5, 5.41) is 3.92. The van der Waals surface area contributed by atoms with E-state index >= 15 is 0 Å².